The van der Waals surface area contributed by atoms with Crippen LogP contribution in [0.2, 0.25) is 0 Å². The van der Waals surface area contributed by atoms with Crippen LogP contribution in [-0.2, 0) is 10.0 Å². The van der Waals surface area contributed by atoms with Crippen LogP contribution >= 0.6 is 12.6 Å². The molecule has 0 saturated carbocycles. The van der Waals surface area contributed by atoms with Gasteiger partial charge in [-0.25, -0.2) is 4.73 Å². The van der Waals surface area contributed by atoms with Gasteiger partial charge in [-0.3, -0.25) is 0 Å². The number of sulfonamides is 1. The van der Waals surface area contributed by atoms with Crippen molar-refractivity contribution >= 4 is 28.5 Å². The first kappa shape index (κ1) is 12.7. The van der Waals surface area contributed by atoms with Crippen LogP contribution in [0.25, 0.3) is 0 Å². The summed E-state index contributed by atoms with van der Waals surface area (Å²) in [6.45, 7) is 0. The molecule has 0 bridgehead atoms. The Balaban J connectivity index is 2.37. The zero-order valence-corrected chi connectivity index (χ0v) is 10.9. The van der Waals surface area contributed by atoms with Gasteiger partial charge in [0.2, 0.25) is 0 Å². The molecular formula is C11H10N2O3S2. The second-order valence-corrected chi connectivity index (χ2v) is 5.62. The third-order valence-electron chi connectivity index (χ3n) is 2.22. The molecule has 1 aromatic carbocycles. The van der Waals surface area contributed by atoms with Crippen LogP contribution in [0.5, 0.6) is 0 Å². The van der Waals surface area contributed by atoms with Crippen LogP contribution in [0.4, 0.5) is 5.82 Å². The van der Waals surface area contributed by atoms with Crippen molar-refractivity contribution in [2.24, 2.45) is 0 Å². The van der Waals surface area contributed by atoms with Crippen molar-refractivity contribution in [3.8, 4) is 0 Å². The molecule has 0 fully saturated rings. The molecule has 0 spiro atoms. The molecule has 5 nitrogen and oxygen atoms in total. The van der Waals surface area contributed by atoms with Crippen molar-refractivity contribution in [2.45, 2.75) is 9.92 Å². The first-order valence-corrected chi connectivity index (χ1v) is 6.93. The molecule has 1 N–H and O–H groups in total. The van der Waals surface area contributed by atoms with E-state index in [0.717, 1.165) is 0 Å². The largest absolute Gasteiger partial charge is 0.710 e. The van der Waals surface area contributed by atoms with Crippen LogP contribution < -0.4 is 9.45 Å². The summed E-state index contributed by atoms with van der Waals surface area (Å²) in [5, 5.41) is 11.7. The Morgan fingerprint density at radius 3 is 2.39 bits per heavy atom. The van der Waals surface area contributed by atoms with Gasteiger partial charge in [-0.05, 0) is 24.3 Å². The van der Waals surface area contributed by atoms with Gasteiger partial charge < -0.3 is 5.21 Å². The van der Waals surface area contributed by atoms with Gasteiger partial charge in [-0.2, -0.15) is 13.1 Å². The lowest BCUT2D eigenvalue weighted by molar-refractivity contribution is -0.630. The molecule has 0 aliphatic rings. The first-order valence-electron chi connectivity index (χ1n) is 5.00. The number of anilines is 1. The fraction of sp³-hybridized carbons (Fsp3) is 0. The number of thiol groups is 1. The Hall–Kier alpha value is -1.73. The number of nitrogens with zero attached hydrogens (tertiary/aromatic N) is 1. The number of hydrogen-bond acceptors (Lipinski definition) is 4. The van der Waals surface area contributed by atoms with E-state index < -0.39 is 10.0 Å². The summed E-state index contributed by atoms with van der Waals surface area (Å²) >= 11 is 3.92. The molecule has 0 aliphatic carbocycles. The molecule has 94 valence electrons. The molecule has 2 rings (SSSR count). The highest BCUT2D eigenvalue weighted by Crippen LogP contribution is 2.13. The van der Waals surface area contributed by atoms with Gasteiger partial charge in [0.25, 0.3) is 5.82 Å². The molecule has 18 heavy (non-hydrogen) atoms. The molecule has 0 unspecified atom stereocenters. The van der Waals surface area contributed by atoms with E-state index in [4.69, 9.17) is 0 Å². The number of benzene rings is 1. The number of pyridine rings is 1. The fourth-order valence-corrected chi connectivity index (χ4v) is 2.61. The van der Waals surface area contributed by atoms with E-state index in [9.17, 15) is 13.6 Å². The van der Waals surface area contributed by atoms with Crippen LogP contribution in [-0.4, -0.2) is 8.42 Å². The molecule has 1 aromatic heterocycles. The minimum absolute atomic E-state index is 0.0913. The van der Waals surface area contributed by atoms with Gasteiger partial charge in [-0.1, -0.05) is 18.2 Å². The van der Waals surface area contributed by atoms with E-state index in [1.807, 2.05) is 0 Å². The number of rotatable bonds is 3. The molecule has 0 amide bonds. The Morgan fingerprint density at radius 2 is 1.72 bits per heavy atom. The van der Waals surface area contributed by atoms with E-state index in [0.29, 0.717) is 4.73 Å². The summed E-state index contributed by atoms with van der Waals surface area (Å²) in [5.41, 5.74) is 0. The molecule has 7 heteroatoms. The smallest absolute Gasteiger partial charge is 0.328 e. The molecular weight excluding hydrogens is 272 g/mol. The average molecular weight is 282 g/mol. The van der Waals surface area contributed by atoms with Gasteiger partial charge in [0.15, 0.2) is 5.03 Å². The lowest BCUT2D eigenvalue weighted by atomic mass is 10.4. The maximum atomic E-state index is 12.0. The predicted molar refractivity (Wildman–Crippen MR) is 69.9 cm³/mol. The summed E-state index contributed by atoms with van der Waals surface area (Å²) in [6.07, 6.45) is 0. The van der Waals surface area contributed by atoms with E-state index in [2.05, 4.69) is 17.4 Å². The minimum Gasteiger partial charge on any atom is -0.710 e. The predicted octanol–water partition coefficient (Wildman–Crippen LogP) is 1.41. The van der Waals surface area contributed by atoms with Crippen molar-refractivity contribution in [1.29, 1.82) is 0 Å². The summed E-state index contributed by atoms with van der Waals surface area (Å²) in [5.74, 6) is -0.0913. The van der Waals surface area contributed by atoms with Crippen LogP contribution in [0, 0.1) is 5.21 Å². The molecule has 0 radical (unpaired) electrons. The first-order chi connectivity index (χ1) is 8.50. The number of aromatic nitrogens is 1. The van der Waals surface area contributed by atoms with E-state index in [1.54, 1.807) is 24.3 Å². The maximum absolute atomic E-state index is 12.0. The normalized spacial score (nSPS) is 11.2. The summed E-state index contributed by atoms with van der Waals surface area (Å²) < 4.78 is 26.6. The van der Waals surface area contributed by atoms with E-state index in [-0.39, 0.29) is 15.7 Å². The van der Waals surface area contributed by atoms with Gasteiger partial charge in [-0.15, -0.1) is 12.6 Å². The standard InChI is InChI=1S/C11H10N2O3S2/c14-13-10(7-4-8-11(13)17)12-18(15,16)9-5-2-1-3-6-9/h1-8,12,17H. The molecule has 0 aliphatic heterocycles. The molecule has 1 heterocycles. The van der Waals surface area contributed by atoms with Crippen LogP contribution in [0.1, 0.15) is 0 Å². The summed E-state index contributed by atoms with van der Waals surface area (Å²) in [6, 6.07) is 12.2. The van der Waals surface area contributed by atoms with Crippen molar-refractivity contribution in [1.82, 2.24) is 0 Å². The SMILES string of the molecule is O=S(=O)(Nc1cccc(S)[n+]1[O-])c1ccccc1. The minimum atomic E-state index is -3.76. The Labute approximate surface area is 110 Å². The van der Waals surface area contributed by atoms with Crippen molar-refractivity contribution in [3.05, 3.63) is 53.7 Å². The third kappa shape index (κ3) is 2.57. The fourth-order valence-electron chi connectivity index (χ4n) is 1.36. The van der Waals surface area contributed by atoms with Gasteiger partial charge >= 0.3 is 10.0 Å². The monoisotopic (exact) mass is 282 g/mol. The zero-order valence-electron chi connectivity index (χ0n) is 9.15. The lowest BCUT2D eigenvalue weighted by Crippen LogP contribution is -2.34. The van der Waals surface area contributed by atoms with E-state index in [1.165, 1.54) is 24.3 Å². The summed E-state index contributed by atoms with van der Waals surface area (Å²) in [4.78, 5) is 0.0922. The highest BCUT2D eigenvalue weighted by Gasteiger charge is 2.20. The van der Waals surface area contributed by atoms with Crippen LogP contribution in [0.15, 0.2) is 58.5 Å². The van der Waals surface area contributed by atoms with Crippen LogP contribution in [0.3, 0.4) is 0 Å². The lowest BCUT2D eigenvalue weighted by Gasteiger charge is -2.10. The second kappa shape index (κ2) is 4.87. The van der Waals surface area contributed by atoms with Crippen molar-refractivity contribution < 1.29 is 13.1 Å². The Morgan fingerprint density at radius 1 is 1.06 bits per heavy atom. The quantitative estimate of drug-likeness (QED) is 0.508. The topological polar surface area (TPSA) is 73.1 Å². The third-order valence-corrected chi connectivity index (χ3v) is 3.92. The number of hydrogen-bond donors (Lipinski definition) is 2. The van der Waals surface area contributed by atoms with E-state index >= 15 is 0 Å². The highest BCUT2D eigenvalue weighted by atomic mass is 32.2. The zero-order chi connectivity index (χ0) is 13.2. The maximum Gasteiger partial charge on any atom is 0.328 e. The Kier molecular flexibility index (Phi) is 3.44. The van der Waals surface area contributed by atoms with Gasteiger partial charge in [0, 0.05) is 6.07 Å². The summed E-state index contributed by atoms with van der Waals surface area (Å²) in [7, 11) is -3.76. The second-order valence-electron chi connectivity index (χ2n) is 3.48. The Bertz CT molecular complexity index is 657. The molecule has 0 saturated heterocycles. The average Bonchev–Trinajstić information content (AvgIpc) is 2.36. The number of nitrogens with one attached hydrogen (secondary N) is 1. The van der Waals surface area contributed by atoms with Crippen molar-refractivity contribution in [3.63, 3.8) is 0 Å². The van der Waals surface area contributed by atoms with Gasteiger partial charge in [0.05, 0.1) is 0 Å². The van der Waals surface area contributed by atoms with Gasteiger partial charge in [0.1, 0.15) is 4.90 Å². The molecule has 2 aromatic rings. The highest BCUT2D eigenvalue weighted by molar-refractivity contribution is 7.92. The molecule has 0 atom stereocenters. The van der Waals surface area contributed by atoms with Crippen molar-refractivity contribution in [2.75, 3.05) is 4.72 Å².